The second-order valence-corrected chi connectivity index (χ2v) is 5.09. The fourth-order valence-electron chi connectivity index (χ4n) is 1.93. The number of aryl methyl sites for hydroxylation is 1. The summed E-state index contributed by atoms with van der Waals surface area (Å²) in [5.74, 6) is -0.156. The molecule has 0 spiro atoms. The molecule has 1 aromatic heterocycles. The summed E-state index contributed by atoms with van der Waals surface area (Å²) < 4.78 is 10.1. The zero-order valence-corrected chi connectivity index (χ0v) is 13.6. The number of carbonyl (C=O) groups excluding carboxylic acids is 1. The maximum Gasteiger partial charge on any atom is 0.348 e. The molecular weight excluding hydrogens is 310 g/mol. The van der Waals surface area contributed by atoms with Crippen LogP contribution in [0.5, 0.6) is 5.75 Å². The Morgan fingerprint density at radius 2 is 2.00 bits per heavy atom. The number of benzene rings is 1. The van der Waals surface area contributed by atoms with Crippen molar-refractivity contribution < 1.29 is 19.1 Å². The van der Waals surface area contributed by atoms with Gasteiger partial charge in [0.1, 0.15) is 17.1 Å². The van der Waals surface area contributed by atoms with Gasteiger partial charge in [0, 0.05) is 18.7 Å². The Labute approximate surface area is 139 Å². The Morgan fingerprint density at radius 3 is 2.58 bits per heavy atom. The minimum atomic E-state index is -0.643. The van der Waals surface area contributed by atoms with Gasteiger partial charge in [0.15, 0.2) is 0 Å². The third-order valence-electron chi connectivity index (χ3n) is 3.25. The average Bonchev–Trinajstić information content (AvgIpc) is 2.59. The van der Waals surface area contributed by atoms with Crippen LogP contribution < -0.4 is 5.63 Å². The van der Waals surface area contributed by atoms with E-state index in [0.29, 0.717) is 30.0 Å². The van der Waals surface area contributed by atoms with Gasteiger partial charge in [-0.25, -0.2) is 9.59 Å². The lowest BCUT2D eigenvalue weighted by atomic mass is 10.2. The van der Waals surface area contributed by atoms with E-state index in [0.717, 1.165) is 6.42 Å². The first-order valence-corrected chi connectivity index (χ1v) is 7.72. The van der Waals surface area contributed by atoms with Crippen LogP contribution in [0, 0.1) is 0 Å². The van der Waals surface area contributed by atoms with Crippen LogP contribution in [-0.2, 0) is 11.2 Å². The van der Waals surface area contributed by atoms with Crippen molar-refractivity contribution >= 4 is 17.9 Å². The minimum Gasteiger partial charge on any atom is -0.507 e. The van der Waals surface area contributed by atoms with Crippen LogP contribution in [0.25, 0.3) is 0 Å². The van der Waals surface area contributed by atoms with Crippen LogP contribution >= 0.6 is 0 Å². The maximum atomic E-state index is 11.8. The number of aliphatic imine (C=N–C) groups is 1. The van der Waals surface area contributed by atoms with Crippen LogP contribution in [0.4, 0.5) is 5.69 Å². The van der Waals surface area contributed by atoms with E-state index < -0.39 is 5.63 Å². The molecule has 0 saturated carbocycles. The second kappa shape index (κ2) is 8.10. The van der Waals surface area contributed by atoms with E-state index in [2.05, 4.69) is 4.99 Å². The van der Waals surface area contributed by atoms with E-state index in [-0.39, 0.29) is 17.3 Å². The van der Waals surface area contributed by atoms with Gasteiger partial charge in [0.2, 0.25) is 0 Å². The van der Waals surface area contributed by atoms with Gasteiger partial charge in [-0.2, -0.15) is 0 Å². The Bertz CT molecular complexity index is 790. The van der Waals surface area contributed by atoms with Crippen LogP contribution in [0.15, 0.2) is 44.5 Å². The monoisotopic (exact) mass is 329 g/mol. The molecule has 0 aliphatic carbocycles. The lowest BCUT2D eigenvalue weighted by Gasteiger charge is -2.03. The van der Waals surface area contributed by atoms with Gasteiger partial charge in [-0.3, -0.25) is 4.99 Å². The lowest BCUT2D eigenvalue weighted by Crippen LogP contribution is -2.08. The molecule has 1 N–H and O–H groups in total. The molecule has 0 fully saturated rings. The summed E-state index contributed by atoms with van der Waals surface area (Å²) in [6.07, 6.45) is 2.51. The molecule has 1 heterocycles. The van der Waals surface area contributed by atoms with Gasteiger partial charge in [-0.15, -0.1) is 0 Å². The van der Waals surface area contributed by atoms with Crippen LogP contribution in [-0.4, -0.2) is 23.9 Å². The predicted octanol–water partition coefficient (Wildman–Crippen LogP) is 3.23. The Hall–Kier alpha value is -2.89. The maximum absolute atomic E-state index is 11.8. The number of carbonyl (C=O) groups is 1. The molecule has 0 saturated heterocycles. The zero-order chi connectivity index (χ0) is 17.5. The molecule has 2 rings (SSSR count). The summed E-state index contributed by atoms with van der Waals surface area (Å²) in [5.41, 5.74) is 0.298. The van der Waals surface area contributed by atoms with Crippen LogP contribution in [0.3, 0.4) is 0 Å². The van der Waals surface area contributed by atoms with E-state index in [9.17, 15) is 14.7 Å². The van der Waals surface area contributed by atoms with Crippen molar-refractivity contribution in [2.75, 3.05) is 6.61 Å². The van der Waals surface area contributed by atoms with Gasteiger partial charge in [0.05, 0.1) is 17.9 Å². The van der Waals surface area contributed by atoms with E-state index in [4.69, 9.17) is 9.15 Å². The minimum absolute atomic E-state index is 0.0152. The lowest BCUT2D eigenvalue weighted by molar-refractivity contribution is 0.0505. The molecule has 2 aromatic rings. The normalized spacial score (nSPS) is 10.9. The van der Waals surface area contributed by atoms with Gasteiger partial charge < -0.3 is 14.3 Å². The third-order valence-corrected chi connectivity index (χ3v) is 3.25. The summed E-state index contributed by atoms with van der Waals surface area (Å²) in [6, 6.07) is 7.83. The van der Waals surface area contributed by atoms with E-state index in [1.54, 1.807) is 24.3 Å². The molecule has 24 heavy (non-hydrogen) atoms. The summed E-state index contributed by atoms with van der Waals surface area (Å²) >= 11 is 0. The Kier molecular flexibility index (Phi) is 5.89. The number of hydrogen-bond donors (Lipinski definition) is 1. The number of nitrogens with zero attached hydrogens (tertiary/aromatic N) is 1. The van der Waals surface area contributed by atoms with E-state index >= 15 is 0 Å². The Morgan fingerprint density at radius 1 is 1.29 bits per heavy atom. The number of rotatable bonds is 6. The van der Waals surface area contributed by atoms with Crippen molar-refractivity contribution in [3.05, 3.63) is 57.6 Å². The van der Waals surface area contributed by atoms with Crippen molar-refractivity contribution in [1.82, 2.24) is 0 Å². The first-order valence-electron chi connectivity index (χ1n) is 7.72. The van der Waals surface area contributed by atoms with Crippen LogP contribution in [0.1, 0.15) is 41.9 Å². The van der Waals surface area contributed by atoms with Crippen molar-refractivity contribution in [1.29, 1.82) is 0 Å². The predicted molar refractivity (Wildman–Crippen MR) is 90.3 cm³/mol. The molecular formula is C18H19NO5. The molecule has 0 atom stereocenters. The quantitative estimate of drug-likeness (QED) is 0.649. The molecule has 6 nitrogen and oxygen atoms in total. The largest absolute Gasteiger partial charge is 0.507 e. The zero-order valence-electron chi connectivity index (χ0n) is 13.6. The molecule has 126 valence electrons. The highest BCUT2D eigenvalue weighted by molar-refractivity contribution is 5.90. The smallest absolute Gasteiger partial charge is 0.348 e. The summed E-state index contributed by atoms with van der Waals surface area (Å²) in [5, 5.41) is 9.87. The summed E-state index contributed by atoms with van der Waals surface area (Å²) in [4.78, 5) is 27.6. The average molecular weight is 329 g/mol. The number of esters is 1. The molecule has 6 heteroatoms. The van der Waals surface area contributed by atoms with E-state index in [1.165, 1.54) is 12.3 Å². The fraction of sp³-hybridized carbons (Fsp3) is 0.278. The molecule has 0 amide bonds. The van der Waals surface area contributed by atoms with Crippen LogP contribution in [0.2, 0.25) is 0 Å². The van der Waals surface area contributed by atoms with Crippen molar-refractivity contribution in [2.24, 2.45) is 4.99 Å². The first kappa shape index (κ1) is 17.5. The first-order chi connectivity index (χ1) is 11.5. The second-order valence-electron chi connectivity index (χ2n) is 5.09. The van der Waals surface area contributed by atoms with Crippen molar-refractivity contribution in [3.63, 3.8) is 0 Å². The number of aromatic hydroxyl groups is 1. The molecule has 0 aliphatic heterocycles. The third kappa shape index (κ3) is 4.32. The standard InChI is InChI=1S/C18H19NO5/c1-3-9-23-17(21)12-5-7-13(8-6-12)19-11-15-16(20)10-14(4-2)24-18(15)22/h5-8,10-11,20H,3-4,9H2,1-2H3. The number of hydrogen-bond acceptors (Lipinski definition) is 6. The van der Waals surface area contributed by atoms with Gasteiger partial charge in [0.25, 0.3) is 0 Å². The highest BCUT2D eigenvalue weighted by Gasteiger charge is 2.09. The highest BCUT2D eigenvalue weighted by atomic mass is 16.5. The SMILES string of the molecule is CCCOC(=O)c1ccc(N=Cc2c(O)cc(CC)oc2=O)cc1. The molecule has 0 radical (unpaired) electrons. The van der Waals surface area contributed by atoms with Crippen molar-refractivity contribution in [3.8, 4) is 5.75 Å². The van der Waals surface area contributed by atoms with Gasteiger partial charge >= 0.3 is 11.6 Å². The molecule has 0 aliphatic rings. The van der Waals surface area contributed by atoms with E-state index in [1.807, 2.05) is 13.8 Å². The van der Waals surface area contributed by atoms with Gasteiger partial charge in [-0.1, -0.05) is 13.8 Å². The molecule has 1 aromatic carbocycles. The Balaban J connectivity index is 2.16. The highest BCUT2D eigenvalue weighted by Crippen LogP contribution is 2.17. The van der Waals surface area contributed by atoms with Gasteiger partial charge in [-0.05, 0) is 30.7 Å². The fourth-order valence-corrected chi connectivity index (χ4v) is 1.93. The number of ether oxygens (including phenoxy) is 1. The molecule has 0 bridgehead atoms. The summed E-state index contributed by atoms with van der Waals surface area (Å²) in [6.45, 7) is 4.12. The molecule has 0 unspecified atom stereocenters. The topological polar surface area (TPSA) is 89.1 Å². The summed E-state index contributed by atoms with van der Waals surface area (Å²) in [7, 11) is 0. The van der Waals surface area contributed by atoms with Crippen molar-refractivity contribution in [2.45, 2.75) is 26.7 Å².